The Bertz CT molecular complexity index is 1320. The lowest BCUT2D eigenvalue weighted by Crippen LogP contribution is -2.43. The minimum Gasteiger partial charge on any atom is -0.390 e. The van der Waals surface area contributed by atoms with Crippen molar-refractivity contribution < 1.29 is 18.7 Å². The van der Waals surface area contributed by atoms with Crippen LogP contribution in [0.2, 0.25) is 0 Å². The molecule has 3 atom stereocenters. The van der Waals surface area contributed by atoms with Crippen LogP contribution < -0.4 is 10.6 Å². The lowest BCUT2D eigenvalue weighted by Gasteiger charge is -2.31. The highest BCUT2D eigenvalue weighted by molar-refractivity contribution is 5.79. The van der Waals surface area contributed by atoms with E-state index in [-0.39, 0.29) is 18.4 Å². The molecule has 0 aromatic heterocycles. The van der Waals surface area contributed by atoms with E-state index in [1.165, 1.54) is 28.8 Å². The first-order valence-electron chi connectivity index (χ1n) is 15.9. The van der Waals surface area contributed by atoms with Crippen molar-refractivity contribution in [3.63, 3.8) is 0 Å². The predicted molar refractivity (Wildman–Crippen MR) is 170 cm³/mol. The molecule has 0 fully saturated rings. The van der Waals surface area contributed by atoms with Crippen molar-refractivity contribution in [1.82, 2.24) is 10.2 Å². The molecule has 0 saturated heterocycles. The van der Waals surface area contributed by atoms with Crippen LogP contribution in [-0.2, 0) is 30.5 Å². The Hall–Kier alpha value is -3.29. The van der Waals surface area contributed by atoms with Gasteiger partial charge >= 0.3 is 0 Å². The molecule has 4 rings (SSSR count). The van der Waals surface area contributed by atoms with E-state index in [0.717, 1.165) is 68.9 Å². The minimum atomic E-state index is -0.846. The van der Waals surface area contributed by atoms with Crippen molar-refractivity contribution in [2.45, 2.75) is 90.3 Å². The number of hydrogen-bond donors (Lipinski definition) is 3. The average molecular weight is 592 g/mol. The Labute approximate surface area is 255 Å². The third-order valence-corrected chi connectivity index (χ3v) is 8.32. The lowest BCUT2D eigenvalue weighted by atomic mass is 9.86. The van der Waals surface area contributed by atoms with E-state index in [2.05, 4.69) is 49.6 Å². The van der Waals surface area contributed by atoms with E-state index >= 15 is 0 Å². The van der Waals surface area contributed by atoms with Gasteiger partial charge in [-0.3, -0.25) is 4.79 Å². The van der Waals surface area contributed by atoms with E-state index in [9.17, 15) is 18.7 Å². The Balaban J connectivity index is 1.50. The van der Waals surface area contributed by atoms with E-state index < -0.39 is 23.8 Å². The number of amides is 1. The fourth-order valence-corrected chi connectivity index (χ4v) is 6.12. The zero-order chi connectivity index (χ0) is 30.8. The predicted octanol–water partition coefficient (Wildman–Crippen LogP) is 6.77. The smallest absolute Gasteiger partial charge is 0.226 e. The van der Waals surface area contributed by atoms with E-state index in [0.29, 0.717) is 18.5 Å². The Morgan fingerprint density at radius 2 is 1.70 bits per heavy atom. The molecule has 0 heterocycles. The highest BCUT2D eigenvalue weighted by Gasteiger charge is 2.25. The van der Waals surface area contributed by atoms with Crippen LogP contribution >= 0.6 is 0 Å². The summed E-state index contributed by atoms with van der Waals surface area (Å²) in [6.07, 6.45) is 5.59. The molecule has 7 heteroatoms. The number of carbonyl (C=O) groups excluding carboxylic acids is 1. The first-order chi connectivity index (χ1) is 20.8. The fraction of sp³-hybridized carbons (Fsp3) is 0.472. The van der Waals surface area contributed by atoms with Crippen LogP contribution in [0.3, 0.4) is 0 Å². The number of rotatable bonds is 15. The molecule has 3 aromatic rings. The number of aliphatic hydroxyl groups excluding tert-OH is 1. The van der Waals surface area contributed by atoms with Gasteiger partial charge in [-0.2, -0.15) is 0 Å². The van der Waals surface area contributed by atoms with Crippen molar-refractivity contribution in [2.24, 2.45) is 0 Å². The summed E-state index contributed by atoms with van der Waals surface area (Å²) in [6, 6.07) is 17.4. The summed E-state index contributed by atoms with van der Waals surface area (Å²) in [4.78, 5) is 14.9. The second-order valence-electron chi connectivity index (χ2n) is 11.8. The molecule has 0 bridgehead atoms. The summed E-state index contributed by atoms with van der Waals surface area (Å²) in [6.45, 7) is 8.08. The number of anilines is 1. The highest BCUT2D eigenvalue weighted by Crippen LogP contribution is 2.31. The van der Waals surface area contributed by atoms with Gasteiger partial charge < -0.3 is 20.6 Å². The molecular formula is C36H47F2N3O2. The normalized spacial score (nSPS) is 15.9. The number of aliphatic hydroxyl groups is 1. The molecule has 1 aliphatic rings. The van der Waals surface area contributed by atoms with Crippen molar-refractivity contribution in [3.8, 4) is 0 Å². The summed E-state index contributed by atoms with van der Waals surface area (Å²) in [5, 5.41) is 18.5. The molecule has 1 aliphatic carbocycles. The van der Waals surface area contributed by atoms with E-state index in [1.807, 2.05) is 29.2 Å². The highest BCUT2D eigenvalue weighted by atomic mass is 19.1. The van der Waals surface area contributed by atoms with Crippen LogP contribution in [0.1, 0.15) is 80.3 Å². The van der Waals surface area contributed by atoms with Crippen LogP contribution in [-0.4, -0.2) is 47.7 Å². The second kappa shape index (κ2) is 16.0. The SMILES string of the molecule is CCCN(CCC)C(=O)Cc1cccc(N[C@@H](Cc2cc(F)cc(F)c2)[C@H](O)CN[C@H]2CCCc3ccc(CC)cc32)c1. The van der Waals surface area contributed by atoms with Gasteiger partial charge in [-0.15, -0.1) is 0 Å². The summed E-state index contributed by atoms with van der Waals surface area (Å²) < 4.78 is 28.2. The first-order valence-corrected chi connectivity index (χ1v) is 15.9. The quantitative estimate of drug-likeness (QED) is 0.183. The van der Waals surface area contributed by atoms with Gasteiger partial charge in [-0.05, 0) is 97.0 Å². The maximum Gasteiger partial charge on any atom is 0.226 e. The van der Waals surface area contributed by atoms with Gasteiger partial charge in [0.05, 0.1) is 18.6 Å². The van der Waals surface area contributed by atoms with Crippen LogP contribution in [0.25, 0.3) is 0 Å². The molecule has 3 N–H and O–H groups in total. The third kappa shape index (κ3) is 9.35. The number of benzene rings is 3. The number of fused-ring (bicyclic) bond motifs is 1. The molecule has 0 radical (unpaired) electrons. The van der Waals surface area contributed by atoms with Crippen molar-refractivity contribution in [1.29, 1.82) is 0 Å². The summed E-state index contributed by atoms with van der Waals surface area (Å²) in [7, 11) is 0. The van der Waals surface area contributed by atoms with Gasteiger partial charge in [-0.25, -0.2) is 8.78 Å². The summed E-state index contributed by atoms with van der Waals surface area (Å²) >= 11 is 0. The fourth-order valence-electron chi connectivity index (χ4n) is 6.12. The van der Waals surface area contributed by atoms with Crippen molar-refractivity contribution >= 4 is 11.6 Å². The van der Waals surface area contributed by atoms with Crippen LogP contribution in [0, 0.1) is 11.6 Å². The maximum absolute atomic E-state index is 14.1. The summed E-state index contributed by atoms with van der Waals surface area (Å²) in [5.41, 5.74) is 6.03. The zero-order valence-corrected chi connectivity index (χ0v) is 25.8. The number of nitrogens with zero attached hydrogens (tertiary/aromatic N) is 1. The topological polar surface area (TPSA) is 64.6 Å². The number of halogens is 2. The number of aryl methyl sites for hydroxylation is 2. The van der Waals surface area contributed by atoms with Gasteiger partial charge in [0, 0.05) is 37.4 Å². The first kappa shape index (κ1) is 32.6. The molecule has 3 aromatic carbocycles. The monoisotopic (exact) mass is 591 g/mol. The molecule has 0 aliphatic heterocycles. The number of hydrogen-bond acceptors (Lipinski definition) is 4. The van der Waals surface area contributed by atoms with Gasteiger partial charge in [0.15, 0.2) is 0 Å². The Morgan fingerprint density at radius 3 is 2.40 bits per heavy atom. The van der Waals surface area contributed by atoms with Crippen LogP contribution in [0.15, 0.2) is 60.7 Å². The standard InChI is InChI=1S/C36H47F2N3O2/c1-4-15-41(16-5-2)36(43)22-26-9-7-11-31(19-26)40-34(21-27-17-29(37)23-30(38)18-27)35(42)24-39-33-12-8-10-28-14-13-25(6-3)20-32(28)33/h7,9,11,13-14,17-20,23,33-35,39-40,42H,4-6,8,10,12,15-16,21-22,24H2,1-3H3/t33-,34-,35+/m0/s1. The lowest BCUT2D eigenvalue weighted by molar-refractivity contribution is -0.130. The number of nitrogens with one attached hydrogen (secondary N) is 2. The molecule has 232 valence electrons. The molecule has 0 saturated carbocycles. The molecule has 0 unspecified atom stereocenters. The average Bonchev–Trinajstić information content (AvgIpc) is 2.98. The molecule has 0 spiro atoms. The van der Waals surface area contributed by atoms with Gasteiger partial charge in [0.1, 0.15) is 11.6 Å². The number of carbonyl (C=O) groups is 1. The molecule has 1 amide bonds. The van der Waals surface area contributed by atoms with Crippen molar-refractivity contribution in [3.05, 3.63) is 100 Å². The van der Waals surface area contributed by atoms with E-state index in [1.54, 1.807) is 0 Å². The molecule has 5 nitrogen and oxygen atoms in total. The maximum atomic E-state index is 14.1. The summed E-state index contributed by atoms with van der Waals surface area (Å²) in [5.74, 6) is -1.19. The second-order valence-corrected chi connectivity index (χ2v) is 11.8. The van der Waals surface area contributed by atoms with Crippen molar-refractivity contribution in [2.75, 3.05) is 25.0 Å². The van der Waals surface area contributed by atoms with Gasteiger partial charge in [-0.1, -0.05) is 51.1 Å². The zero-order valence-electron chi connectivity index (χ0n) is 25.8. The van der Waals surface area contributed by atoms with Crippen LogP contribution in [0.4, 0.5) is 14.5 Å². The minimum absolute atomic E-state index is 0.0934. The van der Waals surface area contributed by atoms with Crippen LogP contribution in [0.5, 0.6) is 0 Å². The molecule has 43 heavy (non-hydrogen) atoms. The Kier molecular flexibility index (Phi) is 12.1. The Morgan fingerprint density at radius 1 is 0.953 bits per heavy atom. The van der Waals surface area contributed by atoms with E-state index in [4.69, 9.17) is 0 Å². The van der Waals surface area contributed by atoms with Gasteiger partial charge in [0.2, 0.25) is 5.91 Å². The molecular weight excluding hydrogens is 544 g/mol. The van der Waals surface area contributed by atoms with Gasteiger partial charge in [0.25, 0.3) is 0 Å². The third-order valence-electron chi connectivity index (χ3n) is 8.32. The largest absolute Gasteiger partial charge is 0.390 e.